The molecule has 29 heavy (non-hydrogen) atoms. The Morgan fingerprint density at radius 2 is 1.86 bits per heavy atom. The molecule has 1 atom stereocenters. The number of aromatic nitrogens is 1. The third kappa shape index (κ3) is 4.23. The van der Waals surface area contributed by atoms with Crippen LogP contribution in [0.25, 0.3) is 10.9 Å². The molecule has 0 unspecified atom stereocenters. The molecule has 8 heteroatoms. The number of carbonyl (C=O) groups excluding carboxylic acids is 1. The van der Waals surface area contributed by atoms with E-state index < -0.39 is 21.4 Å². The standard InChI is InChI=1S/C21H29N3O4S/c1-4-15(3)22-21(26)18-14-23(5-2)19-10-9-16(13-17(19)20(18)25)29(27,28)24-11-7-6-8-12-24/h9-10,13-15H,4-8,11-12H2,1-3H3,(H,22,26)/t15-/m0/s1. The number of pyridine rings is 1. The fourth-order valence-electron chi connectivity index (χ4n) is 3.62. The number of sulfonamides is 1. The van der Waals surface area contributed by atoms with Crippen LogP contribution < -0.4 is 10.7 Å². The predicted molar refractivity (Wildman–Crippen MR) is 114 cm³/mol. The van der Waals surface area contributed by atoms with Gasteiger partial charge in [-0.3, -0.25) is 9.59 Å². The van der Waals surface area contributed by atoms with E-state index in [1.807, 2.05) is 20.8 Å². The molecule has 2 aromatic rings. The van der Waals surface area contributed by atoms with Gasteiger partial charge in [0.15, 0.2) is 0 Å². The predicted octanol–water partition coefficient (Wildman–Crippen LogP) is 2.72. The van der Waals surface area contributed by atoms with Crippen LogP contribution in [0.1, 0.15) is 56.8 Å². The van der Waals surface area contributed by atoms with Crippen LogP contribution in [0.4, 0.5) is 0 Å². The van der Waals surface area contributed by atoms with Gasteiger partial charge in [0.2, 0.25) is 15.5 Å². The molecule has 1 N–H and O–H groups in total. The van der Waals surface area contributed by atoms with Gasteiger partial charge in [-0.25, -0.2) is 8.42 Å². The second-order valence-corrected chi connectivity index (χ2v) is 9.52. The lowest BCUT2D eigenvalue weighted by atomic mass is 10.1. The van der Waals surface area contributed by atoms with Crippen LogP contribution in [0.5, 0.6) is 0 Å². The van der Waals surface area contributed by atoms with E-state index in [0.717, 1.165) is 25.7 Å². The van der Waals surface area contributed by atoms with Gasteiger partial charge in [0.25, 0.3) is 5.91 Å². The first-order valence-electron chi connectivity index (χ1n) is 10.3. The zero-order valence-electron chi connectivity index (χ0n) is 17.3. The number of piperidine rings is 1. The third-order valence-electron chi connectivity index (χ3n) is 5.58. The maximum atomic E-state index is 13.1. The smallest absolute Gasteiger partial charge is 0.256 e. The number of hydrogen-bond donors (Lipinski definition) is 1. The Hall–Kier alpha value is -2.19. The highest BCUT2D eigenvalue weighted by atomic mass is 32.2. The Morgan fingerprint density at radius 1 is 1.17 bits per heavy atom. The van der Waals surface area contributed by atoms with Crippen molar-refractivity contribution in [1.82, 2.24) is 14.2 Å². The van der Waals surface area contributed by atoms with Gasteiger partial charge in [-0.1, -0.05) is 13.3 Å². The van der Waals surface area contributed by atoms with Gasteiger partial charge in [-0.15, -0.1) is 0 Å². The molecule has 158 valence electrons. The normalized spacial score (nSPS) is 16.7. The van der Waals surface area contributed by atoms with Crippen molar-refractivity contribution < 1.29 is 13.2 Å². The number of benzene rings is 1. The maximum absolute atomic E-state index is 13.1. The summed E-state index contributed by atoms with van der Waals surface area (Å²) in [6.45, 7) is 7.29. The summed E-state index contributed by atoms with van der Waals surface area (Å²) in [5.74, 6) is -0.433. The molecule has 1 aromatic heterocycles. The van der Waals surface area contributed by atoms with Crippen molar-refractivity contribution in [2.75, 3.05) is 13.1 Å². The SMILES string of the molecule is CC[C@H](C)NC(=O)c1cn(CC)c2ccc(S(=O)(=O)N3CCCCC3)cc2c1=O. The highest BCUT2D eigenvalue weighted by Crippen LogP contribution is 2.23. The van der Waals surface area contributed by atoms with Crippen molar-refractivity contribution in [3.05, 3.63) is 40.2 Å². The van der Waals surface area contributed by atoms with Crippen molar-refractivity contribution in [3.63, 3.8) is 0 Å². The fraction of sp³-hybridized carbons (Fsp3) is 0.524. The summed E-state index contributed by atoms with van der Waals surface area (Å²) in [4.78, 5) is 25.8. The summed E-state index contributed by atoms with van der Waals surface area (Å²) >= 11 is 0. The Kier molecular flexibility index (Phi) is 6.43. The number of aryl methyl sites for hydroxylation is 1. The molecule has 1 amide bonds. The molecule has 1 aliphatic rings. The number of hydrogen-bond acceptors (Lipinski definition) is 4. The lowest BCUT2D eigenvalue weighted by Crippen LogP contribution is -2.36. The highest BCUT2D eigenvalue weighted by Gasteiger charge is 2.27. The zero-order valence-corrected chi connectivity index (χ0v) is 18.1. The van der Waals surface area contributed by atoms with Crippen LogP contribution in [0.2, 0.25) is 0 Å². The minimum absolute atomic E-state index is 0.0344. The maximum Gasteiger partial charge on any atom is 0.256 e. The van der Waals surface area contributed by atoms with Crippen LogP contribution in [-0.2, 0) is 16.6 Å². The minimum atomic E-state index is -3.66. The average Bonchev–Trinajstić information content (AvgIpc) is 2.74. The van der Waals surface area contributed by atoms with E-state index in [0.29, 0.717) is 25.2 Å². The van der Waals surface area contributed by atoms with Crippen molar-refractivity contribution in [3.8, 4) is 0 Å². The molecule has 1 saturated heterocycles. The van der Waals surface area contributed by atoms with Crippen LogP contribution in [0.15, 0.2) is 34.1 Å². The molecule has 1 aromatic carbocycles. The Bertz CT molecular complexity index is 1070. The molecule has 0 spiro atoms. The van der Waals surface area contributed by atoms with E-state index >= 15 is 0 Å². The summed E-state index contributed by atoms with van der Waals surface area (Å²) in [7, 11) is -3.66. The summed E-state index contributed by atoms with van der Waals surface area (Å²) < 4.78 is 29.4. The van der Waals surface area contributed by atoms with Crippen molar-refractivity contribution in [2.24, 2.45) is 0 Å². The first kappa shape index (κ1) is 21.5. The highest BCUT2D eigenvalue weighted by molar-refractivity contribution is 7.89. The summed E-state index contributed by atoms with van der Waals surface area (Å²) in [6, 6.07) is 4.58. The Morgan fingerprint density at radius 3 is 2.48 bits per heavy atom. The lowest BCUT2D eigenvalue weighted by molar-refractivity contribution is 0.0937. The largest absolute Gasteiger partial charge is 0.349 e. The first-order chi connectivity index (χ1) is 13.8. The van der Waals surface area contributed by atoms with Gasteiger partial charge in [-0.05, 0) is 51.3 Å². The van der Waals surface area contributed by atoms with E-state index in [1.165, 1.54) is 10.4 Å². The lowest BCUT2D eigenvalue weighted by Gasteiger charge is -2.26. The van der Waals surface area contributed by atoms with Crippen LogP contribution in [0, 0.1) is 0 Å². The number of fused-ring (bicyclic) bond motifs is 1. The quantitative estimate of drug-likeness (QED) is 0.780. The molecule has 0 saturated carbocycles. The molecule has 1 aliphatic heterocycles. The van der Waals surface area contributed by atoms with Crippen molar-refractivity contribution >= 4 is 26.8 Å². The van der Waals surface area contributed by atoms with E-state index in [4.69, 9.17) is 0 Å². The van der Waals surface area contributed by atoms with Gasteiger partial charge in [0, 0.05) is 37.3 Å². The number of nitrogens with one attached hydrogen (secondary N) is 1. The van der Waals surface area contributed by atoms with E-state index in [-0.39, 0.29) is 21.9 Å². The van der Waals surface area contributed by atoms with Gasteiger partial charge >= 0.3 is 0 Å². The number of amides is 1. The molecule has 0 bridgehead atoms. The Balaban J connectivity index is 2.12. The molecule has 3 rings (SSSR count). The van der Waals surface area contributed by atoms with E-state index in [9.17, 15) is 18.0 Å². The van der Waals surface area contributed by atoms with Crippen LogP contribution in [0.3, 0.4) is 0 Å². The zero-order chi connectivity index (χ0) is 21.2. The molecule has 0 aliphatic carbocycles. The van der Waals surface area contributed by atoms with E-state index in [1.54, 1.807) is 22.9 Å². The monoisotopic (exact) mass is 419 g/mol. The average molecular weight is 420 g/mol. The van der Waals surface area contributed by atoms with Crippen LogP contribution >= 0.6 is 0 Å². The topological polar surface area (TPSA) is 88.5 Å². The molecule has 7 nitrogen and oxygen atoms in total. The van der Waals surface area contributed by atoms with Crippen LogP contribution in [-0.4, -0.2) is 42.3 Å². The van der Waals surface area contributed by atoms with Crippen molar-refractivity contribution in [1.29, 1.82) is 0 Å². The van der Waals surface area contributed by atoms with Gasteiger partial charge in [0.1, 0.15) is 5.56 Å². The second-order valence-electron chi connectivity index (χ2n) is 7.58. The number of carbonyl (C=O) groups is 1. The molecular formula is C21H29N3O4S. The molecular weight excluding hydrogens is 390 g/mol. The number of rotatable bonds is 6. The Labute approximate surface area is 171 Å². The summed E-state index contributed by atoms with van der Waals surface area (Å²) in [5, 5.41) is 3.07. The third-order valence-corrected chi connectivity index (χ3v) is 7.47. The second kappa shape index (κ2) is 8.67. The van der Waals surface area contributed by atoms with Gasteiger partial charge < -0.3 is 9.88 Å². The van der Waals surface area contributed by atoms with E-state index in [2.05, 4.69) is 5.32 Å². The summed E-state index contributed by atoms with van der Waals surface area (Å²) in [5.41, 5.74) is 0.212. The fourth-order valence-corrected chi connectivity index (χ4v) is 5.16. The molecule has 0 radical (unpaired) electrons. The van der Waals surface area contributed by atoms with Crippen molar-refractivity contribution in [2.45, 2.75) is 63.9 Å². The van der Waals surface area contributed by atoms with Gasteiger partial charge in [-0.2, -0.15) is 4.31 Å². The first-order valence-corrected chi connectivity index (χ1v) is 11.7. The minimum Gasteiger partial charge on any atom is -0.349 e. The molecule has 2 heterocycles. The number of nitrogens with zero attached hydrogens (tertiary/aromatic N) is 2. The molecule has 1 fully saturated rings. The van der Waals surface area contributed by atoms with Gasteiger partial charge in [0.05, 0.1) is 10.4 Å². The summed E-state index contributed by atoms with van der Waals surface area (Å²) in [6.07, 6.45) is 5.02.